The van der Waals surface area contributed by atoms with Gasteiger partial charge in [0.15, 0.2) is 11.6 Å². The number of benzene rings is 2. The van der Waals surface area contributed by atoms with Crippen molar-refractivity contribution in [3.05, 3.63) is 71.3 Å². The summed E-state index contributed by atoms with van der Waals surface area (Å²) in [6.45, 7) is 5.95. The molecule has 3 rings (SSSR count). The van der Waals surface area contributed by atoms with Crippen LogP contribution in [0, 0.1) is 11.6 Å². The molecule has 1 saturated heterocycles. The fourth-order valence-electron chi connectivity index (χ4n) is 3.48. The molecule has 2 amide bonds. The Balaban J connectivity index is 1.76. The molecule has 1 heterocycles. The number of amides is 2. The smallest absolute Gasteiger partial charge is 0.408 e. The van der Waals surface area contributed by atoms with Crippen molar-refractivity contribution in [2.24, 2.45) is 0 Å². The molecule has 1 aliphatic heterocycles. The van der Waals surface area contributed by atoms with E-state index in [1.165, 1.54) is 6.07 Å². The summed E-state index contributed by atoms with van der Waals surface area (Å²) in [6, 6.07) is 12.0. The molecule has 2 aromatic rings. The van der Waals surface area contributed by atoms with Crippen molar-refractivity contribution in [3.8, 4) is 0 Å². The van der Waals surface area contributed by atoms with Gasteiger partial charge < -0.3 is 19.7 Å². The molecule has 0 saturated carbocycles. The van der Waals surface area contributed by atoms with E-state index in [9.17, 15) is 18.4 Å². The van der Waals surface area contributed by atoms with Gasteiger partial charge >= 0.3 is 6.09 Å². The highest BCUT2D eigenvalue weighted by molar-refractivity contribution is 5.86. The zero-order valence-electron chi connectivity index (χ0n) is 18.4. The summed E-state index contributed by atoms with van der Waals surface area (Å²) in [4.78, 5) is 27.3. The molecule has 1 N–H and O–H groups in total. The van der Waals surface area contributed by atoms with Crippen LogP contribution in [0.3, 0.4) is 0 Å². The van der Waals surface area contributed by atoms with Crippen LogP contribution in [0.25, 0.3) is 0 Å². The fourth-order valence-corrected chi connectivity index (χ4v) is 3.48. The Labute approximate surface area is 186 Å². The van der Waals surface area contributed by atoms with Crippen LogP contribution in [0.15, 0.2) is 48.5 Å². The molecule has 1 aliphatic rings. The number of hydrogen-bond donors (Lipinski definition) is 1. The lowest BCUT2D eigenvalue weighted by atomic mass is 10.0. The van der Waals surface area contributed by atoms with Crippen LogP contribution in [-0.4, -0.2) is 48.2 Å². The Kier molecular flexibility index (Phi) is 7.45. The number of carbonyl (C=O) groups is 2. The van der Waals surface area contributed by atoms with Gasteiger partial charge in [-0.15, -0.1) is 0 Å². The Bertz CT molecular complexity index is 947. The predicted molar refractivity (Wildman–Crippen MR) is 115 cm³/mol. The number of carbonyl (C=O) groups excluding carboxylic acids is 2. The molecule has 172 valence electrons. The number of nitrogens with zero attached hydrogens (tertiary/aromatic N) is 1. The maximum absolute atomic E-state index is 13.7. The zero-order valence-corrected chi connectivity index (χ0v) is 18.4. The summed E-state index contributed by atoms with van der Waals surface area (Å²) in [6.07, 6.45) is -0.995. The molecule has 0 aliphatic carbocycles. The van der Waals surface area contributed by atoms with Gasteiger partial charge in [0.2, 0.25) is 5.91 Å². The molecular weight excluding hydrogens is 418 g/mol. The molecule has 2 aromatic carbocycles. The molecule has 8 heteroatoms. The van der Waals surface area contributed by atoms with E-state index in [2.05, 4.69) is 5.32 Å². The molecule has 1 unspecified atom stereocenters. The summed E-state index contributed by atoms with van der Waals surface area (Å²) in [5.74, 6) is -2.21. The van der Waals surface area contributed by atoms with Gasteiger partial charge in [-0.3, -0.25) is 4.79 Å². The van der Waals surface area contributed by atoms with Crippen molar-refractivity contribution in [3.63, 3.8) is 0 Å². The SMILES string of the molecule is CC(C)(C)OC(=O)N[C@@H](Cc1ccccc1)C(=O)N1CCOC(c2ccc(F)c(F)c2)C1. The predicted octanol–water partition coefficient (Wildman–Crippen LogP) is 4.00. The second-order valence-corrected chi connectivity index (χ2v) is 8.71. The number of alkyl carbamates (subject to hydrolysis) is 1. The topological polar surface area (TPSA) is 67.9 Å². The van der Waals surface area contributed by atoms with Crippen molar-refractivity contribution in [2.45, 2.75) is 44.9 Å². The Morgan fingerprint density at radius 2 is 1.88 bits per heavy atom. The fraction of sp³-hybridized carbons (Fsp3) is 0.417. The number of rotatable bonds is 5. The monoisotopic (exact) mass is 446 g/mol. The van der Waals surface area contributed by atoms with Gasteiger partial charge in [-0.05, 0) is 44.0 Å². The van der Waals surface area contributed by atoms with E-state index in [-0.39, 0.29) is 25.5 Å². The highest BCUT2D eigenvalue weighted by atomic mass is 19.2. The number of nitrogens with one attached hydrogen (secondary N) is 1. The molecule has 1 fully saturated rings. The highest BCUT2D eigenvalue weighted by Crippen LogP contribution is 2.24. The summed E-state index contributed by atoms with van der Waals surface area (Å²) >= 11 is 0. The van der Waals surface area contributed by atoms with Gasteiger partial charge in [0.25, 0.3) is 0 Å². The van der Waals surface area contributed by atoms with Crippen molar-refractivity contribution < 1.29 is 27.8 Å². The third-order valence-electron chi connectivity index (χ3n) is 4.97. The number of halogens is 2. The van der Waals surface area contributed by atoms with Gasteiger partial charge in [0.1, 0.15) is 17.7 Å². The minimum absolute atomic E-state index is 0.158. The molecule has 0 aromatic heterocycles. The van der Waals surface area contributed by atoms with Gasteiger partial charge in [-0.1, -0.05) is 36.4 Å². The van der Waals surface area contributed by atoms with Crippen molar-refractivity contribution in [1.29, 1.82) is 0 Å². The van der Waals surface area contributed by atoms with Crippen LogP contribution < -0.4 is 5.32 Å². The van der Waals surface area contributed by atoms with E-state index in [1.54, 1.807) is 25.7 Å². The van der Waals surface area contributed by atoms with E-state index in [0.717, 1.165) is 17.7 Å². The second-order valence-electron chi connectivity index (χ2n) is 8.71. The van der Waals surface area contributed by atoms with Crippen LogP contribution >= 0.6 is 0 Å². The molecule has 2 atom stereocenters. The zero-order chi connectivity index (χ0) is 23.3. The Morgan fingerprint density at radius 3 is 2.53 bits per heavy atom. The second kappa shape index (κ2) is 10.1. The minimum atomic E-state index is -0.969. The number of ether oxygens (including phenoxy) is 2. The van der Waals surface area contributed by atoms with Gasteiger partial charge in [0.05, 0.1) is 13.2 Å². The van der Waals surface area contributed by atoms with E-state index in [0.29, 0.717) is 12.1 Å². The van der Waals surface area contributed by atoms with E-state index in [1.807, 2.05) is 30.3 Å². The van der Waals surface area contributed by atoms with Crippen LogP contribution in [0.5, 0.6) is 0 Å². The third-order valence-corrected chi connectivity index (χ3v) is 4.97. The maximum Gasteiger partial charge on any atom is 0.408 e. The van der Waals surface area contributed by atoms with Crippen LogP contribution in [-0.2, 0) is 20.7 Å². The van der Waals surface area contributed by atoms with E-state index < -0.39 is 35.5 Å². The van der Waals surface area contributed by atoms with E-state index in [4.69, 9.17) is 9.47 Å². The molecule has 32 heavy (non-hydrogen) atoms. The first-order valence-corrected chi connectivity index (χ1v) is 10.5. The lowest BCUT2D eigenvalue weighted by Gasteiger charge is -2.35. The van der Waals surface area contributed by atoms with Crippen LogP contribution in [0.2, 0.25) is 0 Å². The van der Waals surface area contributed by atoms with Gasteiger partial charge in [-0.2, -0.15) is 0 Å². The first-order chi connectivity index (χ1) is 15.1. The number of hydrogen-bond acceptors (Lipinski definition) is 4. The molecule has 0 spiro atoms. The first-order valence-electron chi connectivity index (χ1n) is 10.5. The summed E-state index contributed by atoms with van der Waals surface area (Å²) in [5, 5.41) is 2.69. The van der Waals surface area contributed by atoms with Crippen molar-refractivity contribution in [2.75, 3.05) is 19.7 Å². The van der Waals surface area contributed by atoms with Crippen LogP contribution in [0.1, 0.15) is 38.0 Å². The lowest BCUT2D eigenvalue weighted by Crippen LogP contribution is -2.53. The lowest BCUT2D eigenvalue weighted by molar-refractivity contribution is -0.141. The standard InChI is InChI=1S/C24H28F2N2O4/c1-24(2,3)32-23(30)27-20(13-16-7-5-4-6-8-16)22(29)28-11-12-31-21(15-28)17-9-10-18(25)19(26)14-17/h4-10,14,20-21H,11-13,15H2,1-3H3,(H,27,30)/t20-,21?/m0/s1. The average molecular weight is 446 g/mol. The quantitative estimate of drug-likeness (QED) is 0.754. The summed E-state index contributed by atoms with van der Waals surface area (Å²) < 4.78 is 38.0. The van der Waals surface area contributed by atoms with Gasteiger partial charge in [0, 0.05) is 13.0 Å². The van der Waals surface area contributed by atoms with Crippen molar-refractivity contribution >= 4 is 12.0 Å². The summed E-state index contributed by atoms with van der Waals surface area (Å²) in [5.41, 5.74) is 0.620. The first kappa shape index (κ1) is 23.7. The normalized spacial score (nSPS) is 17.5. The third kappa shape index (κ3) is 6.50. The Morgan fingerprint density at radius 1 is 1.16 bits per heavy atom. The Hall–Kier alpha value is -3.00. The molecular formula is C24H28F2N2O4. The minimum Gasteiger partial charge on any atom is -0.444 e. The average Bonchev–Trinajstić information content (AvgIpc) is 2.74. The highest BCUT2D eigenvalue weighted by Gasteiger charge is 2.32. The molecule has 0 radical (unpaired) electrons. The maximum atomic E-state index is 13.7. The van der Waals surface area contributed by atoms with Crippen LogP contribution in [0.4, 0.5) is 13.6 Å². The van der Waals surface area contributed by atoms with Gasteiger partial charge in [-0.25, -0.2) is 13.6 Å². The van der Waals surface area contributed by atoms with E-state index >= 15 is 0 Å². The largest absolute Gasteiger partial charge is 0.444 e. The van der Waals surface area contributed by atoms with Crippen molar-refractivity contribution in [1.82, 2.24) is 10.2 Å². The summed E-state index contributed by atoms with van der Waals surface area (Å²) in [7, 11) is 0. The molecule has 6 nitrogen and oxygen atoms in total. The molecule has 0 bridgehead atoms. The number of morpholine rings is 1.